The molecule has 1 aromatic heterocycles. The monoisotopic (exact) mass is 199 g/mol. The van der Waals surface area contributed by atoms with Gasteiger partial charge in [0, 0.05) is 5.92 Å². The van der Waals surface area contributed by atoms with E-state index >= 15 is 0 Å². The first-order chi connectivity index (χ1) is 7.28. The van der Waals surface area contributed by atoms with E-state index in [1.54, 1.807) is 0 Å². The molecule has 1 aliphatic carbocycles. The first-order valence-electron chi connectivity index (χ1n) is 4.89. The molecule has 0 saturated heterocycles. The summed E-state index contributed by atoms with van der Waals surface area (Å²) in [6, 6.07) is 8.08. The van der Waals surface area contributed by atoms with Gasteiger partial charge < -0.3 is 9.97 Å². The van der Waals surface area contributed by atoms with Gasteiger partial charge in [-0.15, -0.1) is 0 Å². The highest BCUT2D eigenvalue weighted by atomic mass is 16.1. The number of benzene rings is 1. The number of hydrogen-bond donors (Lipinski definition) is 2. The lowest BCUT2D eigenvalue weighted by Gasteiger charge is -1.96. The van der Waals surface area contributed by atoms with Gasteiger partial charge in [0.1, 0.15) is 0 Å². The summed E-state index contributed by atoms with van der Waals surface area (Å²) < 4.78 is 0. The SMILES string of the molecule is N#CC1CC1c1ccc2[nH]c(=O)[nH]c2c1. The molecule has 1 heterocycles. The number of H-pyrrole nitrogens is 2. The Bertz CT molecular complexity index is 617. The second-order valence-electron chi connectivity index (χ2n) is 3.96. The van der Waals surface area contributed by atoms with Gasteiger partial charge >= 0.3 is 5.69 Å². The Morgan fingerprint density at radius 3 is 2.87 bits per heavy atom. The molecule has 4 nitrogen and oxygen atoms in total. The molecule has 4 heteroatoms. The van der Waals surface area contributed by atoms with Gasteiger partial charge in [0.05, 0.1) is 23.0 Å². The summed E-state index contributed by atoms with van der Waals surface area (Å²) in [6.07, 6.45) is 0.941. The summed E-state index contributed by atoms with van der Waals surface area (Å²) in [7, 11) is 0. The predicted molar refractivity (Wildman–Crippen MR) is 55.4 cm³/mol. The summed E-state index contributed by atoms with van der Waals surface area (Å²) in [5.74, 6) is 0.519. The van der Waals surface area contributed by atoms with Crippen LogP contribution in [0, 0.1) is 17.2 Å². The number of hydrogen-bond acceptors (Lipinski definition) is 2. The van der Waals surface area contributed by atoms with Crippen LogP contribution in [-0.4, -0.2) is 9.97 Å². The Kier molecular flexibility index (Phi) is 1.51. The molecule has 3 rings (SSSR count). The van der Waals surface area contributed by atoms with Crippen molar-refractivity contribution in [3.8, 4) is 6.07 Å². The van der Waals surface area contributed by atoms with Crippen LogP contribution in [0.1, 0.15) is 17.9 Å². The molecule has 0 spiro atoms. The van der Waals surface area contributed by atoms with Gasteiger partial charge in [-0.3, -0.25) is 0 Å². The fraction of sp³-hybridized carbons (Fsp3) is 0.273. The third kappa shape index (κ3) is 1.24. The third-order valence-corrected chi connectivity index (χ3v) is 2.92. The Labute approximate surface area is 85.5 Å². The number of aromatic amines is 2. The lowest BCUT2D eigenvalue weighted by Crippen LogP contribution is -1.99. The summed E-state index contributed by atoms with van der Waals surface area (Å²) in [5.41, 5.74) is 2.60. The van der Waals surface area contributed by atoms with E-state index < -0.39 is 0 Å². The summed E-state index contributed by atoms with van der Waals surface area (Å²) in [4.78, 5) is 16.5. The first kappa shape index (κ1) is 8.30. The highest BCUT2D eigenvalue weighted by Gasteiger charge is 2.38. The van der Waals surface area contributed by atoms with Crippen LogP contribution in [0.2, 0.25) is 0 Å². The van der Waals surface area contributed by atoms with Crippen LogP contribution in [0.5, 0.6) is 0 Å². The Balaban J connectivity index is 2.08. The van der Waals surface area contributed by atoms with Crippen molar-refractivity contribution in [3.63, 3.8) is 0 Å². The van der Waals surface area contributed by atoms with E-state index in [0.717, 1.165) is 23.0 Å². The molecule has 74 valence electrons. The third-order valence-electron chi connectivity index (χ3n) is 2.92. The summed E-state index contributed by atoms with van der Waals surface area (Å²) in [6.45, 7) is 0. The van der Waals surface area contributed by atoms with Crippen molar-refractivity contribution in [2.45, 2.75) is 12.3 Å². The van der Waals surface area contributed by atoms with Gasteiger partial charge in [-0.25, -0.2) is 4.79 Å². The Morgan fingerprint density at radius 1 is 1.33 bits per heavy atom. The van der Waals surface area contributed by atoms with Crippen molar-refractivity contribution < 1.29 is 0 Å². The number of fused-ring (bicyclic) bond motifs is 1. The molecule has 2 unspecified atom stereocenters. The number of nitriles is 1. The van der Waals surface area contributed by atoms with E-state index in [0.29, 0.717) is 5.92 Å². The standard InChI is InChI=1S/C11H9N3O/c12-5-7-3-8(7)6-1-2-9-10(4-6)14-11(15)13-9/h1-2,4,7-8H,3H2,(H2,13,14,15). The van der Waals surface area contributed by atoms with Crippen molar-refractivity contribution in [1.29, 1.82) is 5.26 Å². The number of nitrogens with zero attached hydrogens (tertiary/aromatic N) is 1. The average molecular weight is 199 g/mol. The fourth-order valence-electron chi connectivity index (χ4n) is 1.99. The topological polar surface area (TPSA) is 72.4 Å². The zero-order chi connectivity index (χ0) is 10.4. The molecule has 0 aliphatic heterocycles. The maximum Gasteiger partial charge on any atom is 0.323 e. The second kappa shape index (κ2) is 2.74. The molecule has 1 aliphatic rings. The summed E-state index contributed by atoms with van der Waals surface area (Å²) in [5, 5.41) is 8.74. The van der Waals surface area contributed by atoms with Crippen LogP contribution in [0.4, 0.5) is 0 Å². The first-order valence-corrected chi connectivity index (χ1v) is 4.89. The quantitative estimate of drug-likeness (QED) is 0.730. The van der Waals surface area contributed by atoms with E-state index in [1.165, 1.54) is 0 Å². The molecule has 15 heavy (non-hydrogen) atoms. The van der Waals surface area contributed by atoms with Crippen LogP contribution >= 0.6 is 0 Å². The Hall–Kier alpha value is -2.02. The second-order valence-corrected chi connectivity index (χ2v) is 3.96. The molecule has 0 bridgehead atoms. The smallest absolute Gasteiger partial charge is 0.306 e. The highest BCUT2D eigenvalue weighted by molar-refractivity contribution is 5.75. The van der Waals surface area contributed by atoms with Gasteiger partial charge in [0.25, 0.3) is 0 Å². The number of aromatic nitrogens is 2. The van der Waals surface area contributed by atoms with Crippen molar-refractivity contribution in [3.05, 3.63) is 34.2 Å². The molecule has 0 amide bonds. The number of imidazole rings is 1. The van der Waals surface area contributed by atoms with Crippen LogP contribution in [-0.2, 0) is 0 Å². The zero-order valence-electron chi connectivity index (χ0n) is 7.95. The number of nitrogens with one attached hydrogen (secondary N) is 2. The molecule has 1 aromatic carbocycles. The Morgan fingerprint density at radius 2 is 2.13 bits per heavy atom. The van der Waals surface area contributed by atoms with Gasteiger partial charge in [-0.05, 0) is 24.1 Å². The van der Waals surface area contributed by atoms with E-state index in [9.17, 15) is 4.79 Å². The van der Waals surface area contributed by atoms with Crippen LogP contribution in [0.25, 0.3) is 11.0 Å². The molecule has 2 N–H and O–H groups in total. The van der Waals surface area contributed by atoms with E-state index in [4.69, 9.17) is 5.26 Å². The van der Waals surface area contributed by atoms with Gasteiger partial charge in [0.2, 0.25) is 0 Å². The molecule has 0 radical (unpaired) electrons. The van der Waals surface area contributed by atoms with Crippen LogP contribution < -0.4 is 5.69 Å². The minimum atomic E-state index is -0.185. The van der Waals surface area contributed by atoms with Crippen molar-refractivity contribution >= 4 is 11.0 Å². The normalized spacial score (nSPS) is 23.9. The lowest BCUT2D eigenvalue weighted by atomic mass is 10.1. The van der Waals surface area contributed by atoms with Crippen molar-refractivity contribution in [2.24, 2.45) is 5.92 Å². The van der Waals surface area contributed by atoms with E-state index in [2.05, 4.69) is 16.0 Å². The van der Waals surface area contributed by atoms with Gasteiger partial charge in [-0.2, -0.15) is 5.26 Å². The van der Waals surface area contributed by atoms with Crippen LogP contribution in [0.15, 0.2) is 23.0 Å². The largest absolute Gasteiger partial charge is 0.323 e. The fourth-order valence-corrected chi connectivity index (χ4v) is 1.99. The molecule has 1 saturated carbocycles. The predicted octanol–water partition coefficient (Wildman–Crippen LogP) is 1.48. The van der Waals surface area contributed by atoms with E-state index in [1.807, 2.05) is 18.2 Å². The number of rotatable bonds is 1. The maximum atomic E-state index is 11.0. The van der Waals surface area contributed by atoms with Crippen molar-refractivity contribution in [2.75, 3.05) is 0 Å². The van der Waals surface area contributed by atoms with Gasteiger partial charge in [0.15, 0.2) is 0 Å². The molecular formula is C11H9N3O. The van der Waals surface area contributed by atoms with Crippen molar-refractivity contribution in [1.82, 2.24) is 9.97 Å². The maximum absolute atomic E-state index is 11.0. The van der Waals surface area contributed by atoms with E-state index in [-0.39, 0.29) is 11.6 Å². The average Bonchev–Trinajstić information content (AvgIpc) is 2.92. The summed E-state index contributed by atoms with van der Waals surface area (Å²) >= 11 is 0. The molecule has 2 atom stereocenters. The minimum Gasteiger partial charge on any atom is -0.306 e. The zero-order valence-corrected chi connectivity index (χ0v) is 7.95. The minimum absolute atomic E-state index is 0.160. The van der Waals surface area contributed by atoms with Gasteiger partial charge in [-0.1, -0.05) is 6.07 Å². The lowest BCUT2D eigenvalue weighted by molar-refractivity contribution is 1.02. The highest BCUT2D eigenvalue weighted by Crippen LogP contribution is 2.47. The molecule has 1 fully saturated rings. The van der Waals surface area contributed by atoms with Crippen LogP contribution in [0.3, 0.4) is 0 Å². The molecular weight excluding hydrogens is 190 g/mol. The molecule has 2 aromatic rings.